The second-order valence-corrected chi connectivity index (χ2v) is 10.2. The largest absolute Gasteiger partial charge is 0.488 e. The van der Waals surface area contributed by atoms with E-state index in [0.29, 0.717) is 28.1 Å². The minimum atomic E-state index is -0.997. The van der Waals surface area contributed by atoms with Gasteiger partial charge in [0.1, 0.15) is 12.4 Å². The Hall–Kier alpha value is -3.88. The molecule has 0 aliphatic carbocycles. The van der Waals surface area contributed by atoms with Gasteiger partial charge in [0.15, 0.2) is 5.17 Å². The molecule has 0 spiro atoms. The number of nitrogens with zero attached hydrogens (tertiary/aromatic N) is 2. The molecule has 0 bridgehead atoms. The van der Waals surface area contributed by atoms with Gasteiger partial charge in [-0.15, -0.1) is 0 Å². The Morgan fingerprint density at radius 1 is 1.03 bits per heavy atom. The van der Waals surface area contributed by atoms with Gasteiger partial charge in [0, 0.05) is 7.05 Å². The maximum absolute atomic E-state index is 12.8. The van der Waals surface area contributed by atoms with Crippen molar-refractivity contribution in [3.8, 4) is 5.75 Å². The van der Waals surface area contributed by atoms with Gasteiger partial charge in [-0.1, -0.05) is 42.5 Å². The molecule has 1 aliphatic heterocycles. The molecule has 0 atom stereocenters. The highest BCUT2D eigenvalue weighted by Gasteiger charge is 2.30. The van der Waals surface area contributed by atoms with E-state index in [0.717, 1.165) is 15.6 Å². The van der Waals surface area contributed by atoms with E-state index in [9.17, 15) is 9.59 Å². The standard InChI is InChI=1S/C29H21BrN2O4S/c1-32-27(33)26(37-29(32)31-23-11-9-21(10-12-23)28(34)35)16-18-7-13-25(24(30)15-18)36-17-19-6-8-20-4-2-3-5-22(20)14-19/h2-16H,17H2,1H3,(H,34,35)/b26-16-,31-29?. The Morgan fingerprint density at radius 2 is 1.78 bits per heavy atom. The van der Waals surface area contributed by atoms with Crippen LogP contribution in [0.4, 0.5) is 5.69 Å². The first-order valence-electron chi connectivity index (χ1n) is 11.4. The predicted octanol–water partition coefficient (Wildman–Crippen LogP) is 7.11. The fraction of sp³-hybridized carbons (Fsp3) is 0.0690. The second-order valence-electron chi connectivity index (χ2n) is 8.38. The number of likely N-dealkylation sites (N-methyl/N-ethyl adjacent to an activating group) is 1. The third kappa shape index (κ3) is 5.60. The molecule has 1 N–H and O–H groups in total. The molecule has 184 valence electrons. The average Bonchev–Trinajstić information content (AvgIpc) is 3.16. The Kier molecular flexibility index (Phi) is 7.12. The molecule has 0 saturated carbocycles. The molecule has 1 amide bonds. The first kappa shape index (κ1) is 24.8. The third-order valence-electron chi connectivity index (χ3n) is 5.80. The maximum Gasteiger partial charge on any atom is 0.335 e. The lowest BCUT2D eigenvalue weighted by Crippen LogP contribution is -2.23. The minimum absolute atomic E-state index is 0.154. The number of carbonyl (C=O) groups is 2. The summed E-state index contributed by atoms with van der Waals surface area (Å²) in [5, 5.41) is 11.9. The van der Waals surface area contributed by atoms with Crippen LogP contribution in [0.1, 0.15) is 21.5 Å². The number of amidine groups is 1. The molecule has 1 saturated heterocycles. The van der Waals surface area contributed by atoms with Crippen molar-refractivity contribution >= 4 is 67.3 Å². The van der Waals surface area contributed by atoms with E-state index < -0.39 is 5.97 Å². The number of hydrogen-bond acceptors (Lipinski definition) is 5. The Labute approximate surface area is 226 Å². The first-order valence-corrected chi connectivity index (χ1v) is 13.0. The number of aliphatic imine (C=N–C) groups is 1. The molecule has 5 rings (SSSR count). The zero-order valence-electron chi connectivity index (χ0n) is 19.7. The summed E-state index contributed by atoms with van der Waals surface area (Å²) < 4.78 is 6.83. The molecule has 4 aromatic rings. The number of halogens is 1. The maximum atomic E-state index is 12.8. The smallest absolute Gasteiger partial charge is 0.335 e. The molecule has 37 heavy (non-hydrogen) atoms. The SMILES string of the molecule is CN1C(=O)/C(=C/c2ccc(OCc3ccc4ccccc4c3)c(Br)c2)SC1=Nc1ccc(C(=O)O)cc1. The number of aromatic carboxylic acids is 1. The first-order chi connectivity index (χ1) is 17.9. The molecule has 1 fully saturated rings. The third-order valence-corrected chi connectivity index (χ3v) is 7.48. The summed E-state index contributed by atoms with van der Waals surface area (Å²) in [5.74, 6) is -0.438. The highest BCUT2D eigenvalue weighted by atomic mass is 79.9. The quantitative estimate of drug-likeness (QED) is 0.249. The van der Waals surface area contributed by atoms with Crippen molar-refractivity contribution in [2.75, 3.05) is 7.05 Å². The predicted molar refractivity (Wildman–Crippen MR) is 151 cm³/mol. The van der Waals surface area contributed by atoms with Crippen LogP contribution in [0.5, 0.6) is 5.75 Å². The van der Waals surface area contributed by atoms with E-state index in [-0.39, 0.29) is 11.5 Å². The zero-order valence-corrected chi connectivity index (χ0v) is 22.1. The van der Waals surface area contributed by atoms with Crippen molar-refractivity contribution < 1.29 is 19.4 Å². The lowest BCUT2D eigenvalue weighted by Gasteiger charge is -2.10. The molecule has 1 aliphatic rings. The van der Waals surface area contributed by atoms with Crippen molar-refractivity contribution in [1.29, 1.82) is 0 Å². The highest BCUT2D eigenvalue weighted by Crippen LogP contribution is 2.35. The van der Waals surface area contributed by atoms with Gasteiger partial charge in [-0.2, -0.15) is 0 Å². The number of thioether (sulfide) groups is 1. The van der Waals surface area contributed by atoms with Crippen LogP contribution in [0.3, 0.4) is 0 Å². The van der Waals surface area contributed by atoms with Crippen LogP contribution in [-0.4, -0.2) is 34.1 Å². The highest BCUT2D eigenvalue weighted by molar-refractivity contribution is 9.10. The van der Waals surface area contributed by atoms with E-state index in [1.807, 2.05) is 36.4 Å². The van der Waals surface area contributed by atoms with Crippen LogP contribution in [0.2, 0.25) is 0 Å². The van der Waals surface area contributed by atoms with Gasteiger partial charge in [-0.3, -0.25) is 9.69 Å². The minimum Gasteiger partial charge on any atom is -0.488 e. The molecule has 0 aromatic heterocycles. The van der Waals surface area contributed by atoms with E-state index in [4.69, 9.17) is 9.84 Å². The van der Waals surface area contributed by atoms with Crippen molar-refractivity contribution in [2.24, 2.45) is 4.99 Å². The van der Waals surface area contributed by atoms with Gasteiger partial charge in [-0.25, -0.2) is 9.79 Å². The van der Waals surface area contributed by atoms with Crippen molar-refractivity contribution in [2.45, 2.75) is 6.61 Å². The molecule has 8 heteroatoms. The Bertz CT molecular complexity index is 1580. The van der Waals surface area contributed by atoms with Gasteiger partial charge in [-0.05, 0) is 98.1 Å². The number of hydrogen-bond donors (Lipinski definition) is 1. The number of rotatable bonds is 6. The number of amides is 1. The number of ether oxygens (including phenoxy) is 1. The Morgan fingerprint density at radius 3 is 2.51 bits per heavy atom. The summed E-state index contributed by atoms with van der Waals surface area (Å²) in [6.07, 6.45) is 1.82. The monoisotopic (exact) mass is 572 g/mol. The van der Waals surface area contributed by atoms with Gasteiger partial charge in [0.2, 0.25) is 0 Å². The van der Waals surface area contributed by atoms with Crippen LogP contribution in [0, 0.1) is 0 Å². The second kappa shape index (κ2) is 10.6. The van der Waals surface area contributed by atoms with Crippen molar-refractivity contribution in [3.63, 3.8) is 0 Å². The number of carbonyl (C=O) groups excluding carboxylic acids is 1. The van der Waals surface area contributed by atoms with Gasteiger partial charge in [0.05, 0.1) is 20.6 Å². The summed E-state index contributed by atoms with van der Waals surface area (Å²) in [7, 11) is 1.67. The van der Waals surface area contributed by atoms with Crippen LogP contribution < -0.4 is 4.74 Å². The van der Waals surface area contributed by atoms with Gasteiger partial charge in [0.25, 0.3) is 5.91 Å². The molecule has 0 radical (unpaired) electrons. The average molecular weight is 573 g/mol. The number of benzene rings is 4. The number of fused-ring (bicyclic) bond motifs is 1. The molecular formula is C29H21BrN2O4S. The lowest BCUT2D eigenvalue weighted by molar-refractivity contribution is -0.121. The van der Waals surface area contributed by atoms with E-state index in [1.54, 1.807) is 19.2 Å². The van der Waals surface area contributed by atoms with Crippen LogP contribution in [0.15, 0.2) is 99.3 Å². The summed E-state index contributed by atoms with van der Waals surface area (Å²) in [4.78, 5) is 30.4. The Balaban J connectivity index is 1.29. The van der Waals surface area contributed by atoms with Crippen LogP contribution in [0.25, 0.3) is 16.8 Å². The van der Waals surface area contributed by atoms with E-state index in [2.05, 4.69) is 51.3 Å². The lowest BCUT2D eigenvalue weighted by atomic mass is 10.1. The normalized spacial score (nSPS) is 15.6. The van der Waals surface area contributed by atoms with Crippen molar-refractivity contribution in [1.82, 2.24) is 4.90 Å². The van der Waals surface area contributed by atoms with Gasteiger partial charge >= 0.3 is 5.97 Å². The van der Waals surface area contributed by atoms with Gasteiger partial charge < -0.3 is 9.84 Å². The van der Waals surface area contributed by atoms with Crippen molar-refractivity contribution in [3.05, 3.63) is 111 Å². The fourth-order valence-corrected chi connectivity index (χ4v) is 5.30. The number of carboxylic acids is 1. The molecular weight excluding hydrogens is 552 g/mol. The fourth-order valence-electron chi connectivity index (χ4n) is 3.81. The van der Waals surface area contributed by atoms with Crippen LogP contribution in [-0.2, 0) is 11.4 Å². The van der Waals surface area contributed by atoms with E-state index >= 15 is 0 Å². The summed E-state index contributed by atoms with van der Waals surface area (Å²) >= 11 is 4.86. The molecule has 0 unspecified atom stereocenters. The molecule has 4 aromatic carbocycles. The zero-order chi connectivity index (χ0) is 25.9. The molecule has 1 heterocycles. The topological polar surface area (TPSA) is 79.2 Å². The summed E-state index contributed by atoms with van der Waals surface area (Å²) in [6.45, 7) is 0.441. The summed E-state index contributed by atoms with van der Waals surface area (Å²) in [6, 6.07) is 26.4. The van der Waals surface area contributed by atoms with E-state index in [1.165, 1.54) is 39.6 Å². The number of carboxylic acid groups (broad SMARTS) is 1. The summed E-state index contributed by atoms with van der Waals surface area (Å²) in [5.41, 5.74) is 2.69. The van der Waals surface area contributed by atoms with Crippen LogP contribution >= 0.6 is 27.7 Å². The molecule has 6 nitrogen and oxygen atoms in total.